The Bertz CT molecular complexity index is 1090. The van der Waals surface area contributed by atoms with E-state index in [-0.39, 0.29) is 24.9 Å². The number of anilines is 1. The van der Waals surface area contributed by atoms with Crippen molar-refractivity contribution in [2.75, 3.05) is 5.32 Å². The molecule has 0 spiro atoms. The molecule has 31 heavy (non-hydrogen) atoms. The van der Waals surface area contributed by atoms with Gasteiger partial charge in [0.15, 0.2) is 0 Å². The number of nitrogens with zero attached hydrogens (tertiary/aromatic N) is 1. The number of benzene rings is 2. The lowest BCUT2D eigenvalue weighted by molar-refractivity contribution is -0.156. The van der Waals surface area contributed by atoms with Gasteiger partial charge in [0.2, 0.25) is 5.91 Å². The van der Waals surface area contributed by atoms with Gasteiger partial charge in [0, 0.05) is 16.1 Å². The van der Waals surface area contributed by atoms with E-state index in [1.165, 1.54) is 11.3 Å². The molecule has 1 aliphatic rings. The predicted molar refractivity (Wildman–Crippen MR) is 122 cm³/mol. The first-order valence-corrected chi connectivity index (χ1v) is 11.4. The molecule has 1 N–H and O–H groups in total. The second-order valence-corrected chi connectivity index (χ2v) is 9.17. The van der Waals surface area contributed by atoms with Crippen molar-refractivity contribution < 1.29 is 14.3 Å². The highest BCUT2D eigenvalue weighted by atomic mass is 35.5. The molecule has 1 aliphatic carbocycles. The number of rotatable bonds is 7. The molecule has 1 fully saturated rings. The number of hydrogen-bond acceptors (Lipinski definition) is 5. The predicted octanol–water partition coefficient (Wildman–Crippen LogP) is 5.45. The number of nitrogens with one attached hydrogen (secondary N) is 1. The van der Waals surface area contributed by atoms with Gasteiger partial charge in [-0.05, 0) is 49.1 Å². The molecular weight excluding hydrogens is 432 g/mol. The number of amides is 1. The first kappa shape index (κ1) is 21.5. The van der Waals surface area contributed by atoms with E-state index in [1.807, 2.05) is 48.7 Å². The summed E-state index contributed by atoms with van der Waals surface area (Å²) in [7, 11) is 0. The fourth-order valence-electron chi connectivity index (χ4n) is 3.73. The largest absolute Gasteiger partial charge is 0.458 e. The van der Waals surface area contributed by atoms with Crippen molar-refractivity contribution in [3.8, 4) is 0 Å². The summed E-state index contributed by atoms with van der Waals surface area (Å²) in [4.78, 5) is 29.7. The van der Waals surface area contributed by atoms with Gasteiger partial charge in [-0.3, -0.25) is 9.59 Å². The minimum atomic E-state index is -0.586. The Morgan fingerprint density at radius 3 is 2.58 bits per heavy atom. The maximum Gasteiger partial charge on any atom is 0.316 e. The highest BCUT2D eigenvalue weighted by molar-refractivity contribution is 7.09. The lowest BCUT2D eigenvalue weighted by atomic mass is 9.64. The molecule has 1 aromatic heterocycles. The fourth-order valence-corrected chi connectivity index (χ4v) is 4.63. The average Bonchev–Trinajstić information content (AvgIpc) is 3.16. The van der Waals surface area contributed by atoms with Gasteiger partial charge >= 0.3 is 5.97 Å². The van der Waals surface area contributed by atoms with Crippen LogP contribution in [0.1, 0.15) is 41.1 Å². The van der Waals surface area contributed by atoms with Gasteiger partial charge in [0.25, 0.3) is 0 Å². The van der Waals surface area contributed by atoms with Crippen molar-refractivity contribution in [1.82, 2.24) is 4.98 Å². The summed E-state index contributed by atoms with van der Waals surface area (Å²) in [5.41, 5.74) is 2.82. The maximum atomic E-state index is 12.9. The smallest absolute Gasteiger partial charge is 0.316 e. The van der Waals surface area contributed by atoms with E-state index in [9.17, 15) is 9.59 Å². The molecule has 3 aromatic rings. The van der Waals surface area contributed by atoms with E-state index >= 15 is 0 Å². The topological polar surface area (TPSA) is 68.3 Å². The van der Waals surface area contributed by atoms with Crippen molar-refractivity contribution in [2.45, 2.75) is 44.6 Å². The second-order valence-electron chi connectivity index (χ2n) is 7.79. The first-order valence-electron chi connectivity index (χ1n) is 10.2. The molecule has 5 nitrogen and oxygen atoms in total. The van der Waals surface area contributed by atoms with Crippen LogP contribution >= 0.6 is 22.9 Å². The number of thiazole rings is 1. The zero-order chi connectivity index (χ0) is 21.8. The first-order chi connectivity index (χ1) is 15.0. The third-order valence-electron chi connectivity index (χ3n) is 5.68. The normalized spacial score (nSPS) is 14.5. The molecule has 7 heteroatoms. The van der Waals surface area contributed by atoms with Crippen LogP contribution in [-0.2, 0) is 32.8 Å². The van der Waals surface area contributed by atoms with E-state index in [1.54, 1.807) is 12.1 Å². The fraction of sp³-hybridized carbons (Fsp3) is 0.292. The van der Waals surface area contributed by atoms with Crippen LogP contribution in [0.3, 0.4) is 0 Å². The Labute approximate surface area is 190 Å². The van der Waals surface area contributed by atoms with Crippen LogP contribution in [0.4, 0.5) is 5.69 Å². The molecule has 2 aromatic carbocycles. The number of carbonyl (C=O) groups is 2. The van der Waals surface area contributed by atoms with Gasteiger partial charge in [-0.2, -0.15) is 0 Å². The summed E-state index contributed by atoms with van der Waals surface area (Å²) in [6.07, 6.45) is 2.72. The van der Waals surface area contributed by atoms with Crippen LogP contribution in [0.5, 0.6) is 0 Å². The summed E-state index contributed by atoms with van der Waals surface area (Å²) < 4.78 is 5.62. The highest BCUT2D eigenvalue weighted by Crippen LogP contribution is 2.45. The Morgan fingerprint density at radius 2 is 1.90 bits per heavy atom. The van der Waals surface area contributed by atoms with Crippen molar-refractivity contribution in [2.24, 2.45) is 0 Å². The quantitative estimate of drug-likeness (QED) is 0.482. The molecule has 0 radical (unpaired) electrons. The number of carbonyl (C=O) groups excluding carboxylic acids is 2. The number of ether oxygens (including phenoxy) is 1. The summed E-state index contributed by atoms with van der Waals surface area (Å²) in [6, 6.07) is 15.0. The van der Waals surface area contributed by atoms with E-state index in [0.29, 0.717) is 15.7 Å². The third kappa shape index (κ3) is 4.81. The number of aromatic nitrogens is 1. The minimum absolute atomic E-state index is 0.101. The van der Waals surface area contributed by atoms with Gasteiger partial charge in [-0.1, -0.05) is 48.4 Å². The molecule has 0 atom stereocenters. The Kier molecular flexibility index (Phi) is 6.39. The van der Waals surface area contributed by atoms with Gasteiger partial charge in [-0.25, -0.2) is 4.98 Å². The molecular formula is C24H23ClN2O3S. The monoisotopic (exact) mass is 454 g/mol. The Hall–Kier alpha value is -2.70. The molecule has 1 saturated carbocycles. The van der Waals surface area contributed by atoms with Crippen LogP contribution in [0.15, 0.2) is 53.9 Å². The minimum Gasteiger partial charge on any atom is -0.458 e. The number of halogens is 1. The van der Waals surface area contributed by atoms with Gasteiger partial charge in [-0.15, -0.1) is 11.3 Å². The lowest BCUT2D eigenvalue weighted by Crippen LogP contribution is -2.43. The van der Waals surface area contributed by atoms with Gasteiger partial charge in [0.1, 0.15) is 11.6 Å². The standard InChI is InChI=1S/C24H23ClN2O3S/c1-16-5-2-3-6-20(16)27-21(28)13-22-26-19(15-31-22)14-30-23(29)24(11-4-12-24)17-7-9-18(25)10-8-17/h2-3,5-10,15H,4,11-14H2,1H3,(H,27,28). The number of esters is 1. The van der Waals surface area contributed by atoms with Crippen molar-refractivity contribution in [3.63, 3.8) is 0 Å². The van der Waals surface area contributed by atoms with Crippen molar-refractivity contribution >= 4 is 40.5 Å². The van der Waals surface area contributed by atoms with E-state index in [2.05, 4.69) is 10.3 Å². The summed E-state index contributed by atoms with van der Waals surface area (Å²) >= 11 is 7.37. The summed E-state index contributed by atoms with van der Waals surface area (Å²) in [6.45, 7) is 2.05. The molecule has 0 saturated heterocycles. The molecule has 0 bridgehead atoms. The van der Waals surface area contributed by atoms with Crippen molar-refractivity contribution in [1.29, 1.82) is 0 Å². The number of para-hydroxylation sites is 1. The number of aryl methyl sites for hydroxylation is 1. The van der Waals surface area contributed by atoms with Crippen LogP contribution < -0.4 is 5.32 Å². The van der Waals surface area contributed by atoms with Crippen LogP contribution in [0.25, 0.3) is 0 Å². The zero-order valence-corrected chi connectivity index (χ0v) is 18.8. The summed E-state index contributed by atoms with van der Waals surface area (Å²) in [5.74, 6) is -0.351. The lowest BCUT2D eigenvalue weighted by Gasteiger charge is -2.39. The summed E-state index contributed by atoms with van der Waals surface area (Å²) in [5, 5.41) is 6.08. The van der Waals surface area contributed by atoms with Gasteiger partial charge < -0.3 is 10.1 Å². The Morgan fingerprint density at radius 1 is 1.16 bits per heavy atom. The molecule has 1 heterocycles. The average molecular weight is 455 g/mol. The van der Waals surface area contributed by atoms with E-state index in [4.69, 9.17) is 16.3 Å². The van der Waals surface area contributed by atoms with E-state index in [0.717, 1.165) is 36.1 Å². The van der Waals surface area contributed by atoms with Crippen LogP contribution in [-0.4, -0.2) is 16.9 Å². The molecule has 4 rings (SSSR count). The molecule has 1 amide bonds. The van der Waals surface area contributed by atoms with Crippen molar-refractivity contribution in [3.05, 3.63) is 80.8 Å². The molecule has 0 unspecified atom stereocenters. The zero-order valence-electron chi connectivity index (χ0n) is 17.2. The Balaban J connectivity index is 1.33. The second kappa shape index (κ2) is 9.20. The van der Waals surface area contributed by atoms with E-state index < -0.39 is 5.41 Å². The molecule has 0 aliphatic heterocycles. The van der Waals surface area contributed by atoms with Gasteiger partial charge in [0.05, 0.1) is 17.5 Å². The SMILES string of the molecule is Cc1ccccc1NC(=O)Cc1nc(COC(=O)C2(c3ccc(Cl)cc3)CCC2)cs1. The molecule has 160 valence electrons. The third-order valence-corrected chi connectivity index (χ3v) is 6.83. The maximum absolute atomic E-state index is 12.9. The van der Waals surface area contributed by atoms with Crippen LogP contribution in [0, 0.1) is 6.92 Å². The van der Waals surface area contributed by atoms with Crippen LogP contribution in [0.2, 0.25) is 5.02 Å². The highest BCUT2D eigenvalue weighted by Gasteiger charge is 2.47. The number of hydrogen-bond donors (Lipinski definition) is 1.